The molecule has 0 unspecified atom stereocenters. The van der Waals surface area contributed by atoms with E-state index in [0.717, 1.165) is 5.56 Å². The summed E-state index contributed by atoms with van der Waals surface area (Å²) < 4.78 is 23.1. The standard InChI is InChI=1S/C42H29NO7/c44-38-36-37(39(45)43(38)22-25-10-4-1-5-11-25)42(29-14-8-3-9-15-29)35(27-17-19-31-33(21-27)50-24-48-31)34(26-16-18-30-32(20-26)49-23-47-30)41(36,40(42)46)28-12-6-2-7-13-28/h1-21,36-37H,22-24H2/t36-,37+,41-,42-/m0/s1. The summed E-state index contributed by atoms with van der Waals surface area (Å²) in [6.45, 7) is 0.263. The zero-order valence-electron chi connectivity index (χ0n) is 26.7. The Hall–Kier alpha value is -6.15. The van der Waals surface area contributed by atoms with E-state index in [1.165, 1.54) is 4.90 Å². The van der Waals surface area contributed by atoms with Gasteiger partial charge in [-0.3, -0.25) is 19.3 Å². The number of carbonyl (C=O) groups is 3. The predicted octanol–water partition coefficient (Wildman–Crippen LogP) is 6.33. The van der Waals surface area contributed by atoms with E-state index < -0.39 is 22.7 Å². The normalized spacial score (nSPS) is 25.5. The highest BCUT2D eigenvalue weighted by Crippen LogP contribution is 2.74. The minimum atomic E-state index is -1.53. The van der Waals surface area contributed by atoms with Gasteiger partial charge in [0.25, 0.3) is 0 Å². The van der Waals surface area contributed by atoms with Gasteiger partial charge in [0.2, 0.25) is 25.4 Å². The molecule has 3 aliphatic heterocycles. The van der Waals surface area contributed by atoms with Crippen molar-refractivity contribution < 1.29 is 33.3 Å². The third kappa shape index (κ3) is 3.57. The lowest BCUT2D eigenvalue weighted by Gasteiger charge is -2.39. The molecule has 0 aromatic heterocycles. The average Bonchev–Trinajstić information content (AvgIpc) is 3.97. The molecule has 0 N–H and O–H groups in total. The number of amides is 2. The first kappa shape index (κ1) is 28.8. The maximum absolute atomic E-state index is 16.1. The highest BCUT2D eigenvalue weighted by Gasteiger charge is 2.82. The number of allylic oxidation sites excluding steroid dienone is 2. The maximum Gasteiger partial charge on any atom is 0.235 e. The van der Waals surface area contributed by atoms with Gasteiger partial charge in [-0.2, -0.15) is 0 Å². The molecule has 244 valence electrons. The van der Waals surface area contributed by atoms with Gasteiger partial charge in [0, 0.05) is 0 Å². The van der Waals surface area contributed by atoms with Gasteiger partial charge >= 0.3 is 0 Å². The van der Waals surface area contributed by atoms with Crippen LogP contribution in [0.1, 0.15) is 27.8 Å². The van der Waals surface area contributed by atoms with Crippen LogP contribution in [0.15, 0.2) is 127 Å². The van der Waals surface area contributed by atoms with Gasteiger partial charge in [-0.05, 0) is 63.2 Å². The number of ether oxygens (including phenoxy) is 4. The Kier molecular flexibility index (Phi) is 6.01. The Morgan fingerprint density at radius 2 is 0.940 bits per heavy atom. The summed E-state index contributed by atoms with van der Waals surface area (Å²) in [5.74, 6) is -0.647. The van der Waals surface area contributed by atoms with Gasteiger partial charge in [0.1, 0.15) is 0 Å². The van der Waals surface area contributed by atoms with Crippen molar-refractivity contribution in [2.75, 3.05) is 13.6 Å². The Labute approximate surface area is 287 Å². The van der Waals surface area contributed by atoms with E-state index in [2.05, 4.69) is 0 Å². The number of rotatable bonds is 6. The molecule has 5 aliphatic rings. The lowest BCUT2D eigenvalue weighted by atomic mass is 9.59. The molecule has 2 fully saturated rings. The number of nitrogens with zero attached hydrogens (tertiary/aromatic N) is 1. The van der Waals surface area contributed by atoms with Crippen molar-refractivity contribution in [3.8, 4) is 23.0 Å². The summed E-state index contributed by atoms with van der Waals surface area (Å²) >= 11 is 0. The van der Waals surface area contributed by atoms with Crippen LogP contribution < -0.4 is 18.9 Å². The molecule has 8 heteroatoms. The number of imide groups is 1. The molecule has 5 aromatic rings. The molecule has 8 nitrogen and oxygen atoms in total. The van der Waals surface area contributed by atoms with Gasteiger partial charge in [-0.25, -0.2) is 0 Å². The van der Waals surface area contributed by atoms with Crippen molar-refractivity contribution in [2.24, 2.45) is 11.8 Å². The Morgan fingerprint density at radius 1 is 0.520 bits per heavy atom. The molecule has 0 spiro atoms. The van der Waals surface area contributed by atoms with Crippen LogP contribution in [0.2, 0.25) is 0 Å². The van der Waals surface area contributed by atoms with Crippen LogP contribution in [0.5, 0.6) is 23.0 Å². The van der Waals surface area contributed by atoms with E-state index in [1.54, 1.807) is 0 Å². The van der Waals surface area contributed by atoms with E-state index in [-0.39, 0.29) is 37.7 Å². The first-order valence-electron chi connectivity index (χ1n) is 16.6. The third-order valence-electron chi connectivity index (χ3n) is 11.0. The zero-order chi connectivity index (χ0) is 33.6. The van der Waals surface area contributed by atoms with E-state index in [0.29, 0.717) is 56.4 Å². The van der Waals surface area contributed by atoms with Crippen molar-refractivity contribution in [3.05, 3.63) is 155 Å². The SMILES string of the molecule is O=C1[C@@H]2[C@H](C(=O)N1Cc1ccccc1)[C@@]1(c3ccccc3)C(=O)[C@@]2(c2ccccc2)C(c2ccc3c(c2)OCO3)=C1c1ccc2c(c1)OCO2. The fraction of sp³-hybridized carbons (Fsp3) is 0.167. The molecule has 5 aromatic carbocycles. The molecule has 0 radical (unpaired) electrons. The summed E-state index contributed by atoms with van der Waals surface area (Å²) in [5, 5.41) is 0. The average molecular weight is 660 g/mol. The van der Waals surface area contributed by atoms with Crippen LogP contribution in [0.25, 0.3) is 11.1 Å². The highest BCUT2D eigenvalue weighted by atomic mass is 16.7. The van der Waals surface area contributed by atoms with Crippen molar-refractivity contribution >= 4 is 28.7 Å². The van der Waals surface area contributed by atoms with Crippen LogP contribution in [-0.2, 0) is 31.8 Å². The van der Waals surface area contributed by atoms with E-state index in [4.69, 9.17) is 18.9 Å². The minimum Gasteiger partial charge on any atom is -0.454 e. The Balaban J connectivity index is 1.34. The topological polar surface area (TPSA) is 91.4 Å². The number of fused-ring (bicyclic) bond motifs is 7. The Morgan fingerprint density at radius 3 is 1.40 bits per heavy atom. The molecule has 2 bridgehead atoms. The fourth-order valence-corrected chi connectivity index (χ4v) is 9.21. The lowest BCUT2D eigenvalue weighted by Crippen LogP contribution is -2.45. The van der Waals surface area contributed by atoms with Crippen molar-refractivity contribution in [2.45, 2.75) is 17.4 Å². The Bertz CT molecular complexity index is 2150. The molecule has 2 amide bonds. The van der Waals surface area contributed by atoms with Crippen LogP contribution >= 0.6 is 0 Å². The number of Topliss-reactive ketones (excluding diaryl/α,β-unsaturated/α-hetero) is 1. The predicted molar refractivity (Wildman–Crippen MR) is 182 cm³/mol. The fourth-order valence-electron chi connectivity index (χ4n) is 9.21. The van der Waals surface area contributed by atoms with Crippen molar-refractivity contribution in [1.82, 2.24) is 4.90 Å². The summed E-state index contributed by atoms with van der Waals surface area (Å²) in [5.41, 5.74) is 1.83. The number of carbonyl (C=O) groups excluding carboxylic acids is 3. The van der Waals surface area contributed by atoms with Crippen molar-refractivity contribution in [1.29, 1.82) is 0 Å². The van der Waals surface area contributed by atoms with Gasteiger partial charge < -0.3 is 18.9 Å². The summed E-state index contributed by atoms with van der Waals surface area (Å²) in [6, 6.07) is 39.7. The summed E-state index contributed by atoms with van der Waals surface area (Å²) in [7, 11) is 0. The van der Waals surface area contributed by atoms with Crippen LogP contribution in [0, 0.1) is 11.8 Å². The molecule has 50 heavy (non-hydrogen) atoms. The number of likely N-dealkylation sites (tertiary alicyclic amines) is 1. The largest absolute Gasteiger partial charge is 0.454 e. The second kappa shape index (κ2) is 10.4. The van der Waals surface area contributed by atoms with Crippen LogP contribution in [-0.4, -0.2) is 36.1 Å². The number of hydrogen-bond acceptors (Lipinski definition) is 7. The number of ketones is 1. The quantitative estimate of drug-likeness (QED) is 0.197. The monoisotopic (exact) mass is 659 g/mol. The molecule has 1 saturated heterocycles. The zero-order valence-corrected chi connectivity index (χ0v) is 26.7. The van der Waals surface area contributed by atoms with Crippen LogP contribution in [0.3, 0.4) is 0 Å². The molecule has 2 aliphatic carbocycles. The lowest BCUT2D eigenvalue weighted by molar-refractivity contribution is -0.143. The highest BCUT2D eigenvalue weighted by molar-refractivity contribution is 6.35. The molecular formula is C42H29NO7. The first-order valence-corrected chi connectivity index (χ1v) is 16.6. The third-order valence-corrected chi connectivity index (χ3v) is 11.0. The van der Waals surface area contributed by atoms with Gasteiger partial charge in [0.15, 0.2) is 28.8 Å². The van der Waals surface area contributed by atoms with Gasteiger partial charge in [-0.15, -0.1) is 0 Å². The van der Waals surface area contributed by atoms with E-state index in [9.17, 15) is 0 Å². The molecule has 10 rings (SSSR count). The minimum absolute atomic E-state index is 0.0791. The summed E-state index contributed by atoms with van der Waals surface area (Å²) in [4.78, 5) is 47.7. The molecule has 3 heterocycles. The number of hydrogen-bond donors (Lipinski definition) is 0. The summed E-state index contributed by atoms with van der Waals surface area (Å²) in [6.07, 6.45) is 0. The van der Waals surface area contributed by atoms with E-state index >= 15 is 14.4 Å². The maximum atomic E-state index is 16.1. The first-order chi connectivity index (χ1) is 24.5. The number of benzene rings is 5. The second-order valence-corrected chi connectivity index (χ2v) is 13.3. The smallest absolute Gasteiger partial charge is 0.235 e. The molecular weight excluding hydrogens is 630 g/mol. The van der Waals surface area contributed by atoms with E-state index in [1.807, 2.05) is 127 Å². The van der Waals surface area contributed by atoms with Gasteiger partial charge in [0.05, 0.1) is 29.2 Å². The molecule has 1 saturated carbocycles. The van der Waals surface area contributed by atoms with Gasteiger partial charge in [-0.1, -0.05) is 103 Å². The van der Waals surface area contributed by atoms with Crippen molar-refractivity contribution in [3.63, 3.8) is 0 Å². The molecule has 4 atom stereocenters. The van der Waals surface area contributed by atoms with Crippen LogP contribution in [0.4, 0.5) is 0 Å². The second-order valence-electron chi connectivity index (χ2n) is 13.3.